The molecule has 16 heavy (non-hydrogen) atoms. The number of hydrogen-bond donors (Lipinski definition) is 0. The van der Waals surface area contributed by atoms with Crippen molar-refractivity contribution in [3.05, 3.63) is 29.6 Å². The van der Waals surface area contributed by atoms with Gasteiger partial charge >= 0.3 is 0 Å². The van der Waals surface area contributed by atoms with E-state index in [0.717, 1.165) is 6.42 Å². The van der Waals surface area contributed by atoms with Gasteiger partial charge in [-0.15, -0.1) is 0 Å². The number of aldehydes is 1. The first kappa shape index (κ1) is 12.7. The lowest BCUT2D eigenvalue weighted by Crippen LogP contribution is -2.15. The molecule has 0 bridgehead atoms. The van der Waals surface area contributed by atoms with E-state index in [1.54, 1.807) is 6.07 Å². The van der Waals surface area contributed by atoms with Gasteiger partial charge in [-0.25, -0.2) is 4.39 Å². The summed E-state index contributed by atoms with van der Waals surface area (Å²) in [5, 5.41) is 0. The van der Waals surface area contributed by atoms with E-state index in [9.17, 15) is 9.18 Å². The zero-order chi connectivity index (χ0) is 12.1. The molecule has 0 aliphatic rings. The van der Waals surface area contributed by atoms with Crippen LogP contribution in [0, 0.1) is 11.7 Å². The van der Waals surface area contributed by atoms with E-state index in [2.05, 4.69) is 13.8 Å². The summed E-state index contributed by atoms with van der Waals surface area (Å²) >= 11 is 0. The lowest BCUT2D eigenvalue weighted by atomic mass is 10.1. The maximum atomic E-state index is 13.5. The molecule has 0 N–H and O–H groups in total. The average Bonchev–Trinajstić information content (AvgIpc) is 2.19. The van der Waals surface area contributed by atoms with Crippen LogP contribution < -0.4 is 4.74 Å². The fourth-order valence-corrected chi connectivity index (χ4v) is 1.61. The van der Waals surface area contributed by atoms with Crippen molar-refractivity contribution in [2.24, 2.45) is 5.92 Å². The lowest BCUT2D eigenvalue weighted by molar-refractivity contribution is 0.112. The Bertz CT molecular complexity index is 361. The van der Waals surface area contributed by atoms with Gasteiger partial charge in [0, 0.05) is 5.56 Å². The zero-order valence-electron chi connectivity index (χ0n) is 9.87. The SMILES string of the molecule is CC(C)CC(C)Oc1ccc(C=O)cc1F. The Morgan fingerprint density at radius 3 is 2.56 bits per heavy atom. The molecule has 0 fully saturated rings. The summed E-state index contributed by atoms with van der Waals surface area (Å²) in [6.45, 7) is 6.09. The normalized spacial score (nSPS) is 12.6. The zero-order valence-corrected chi connectivity index (χ0v) is 9.87. The molecule has 1 unspecified atom stereocenters. The highest BCUT2D eigenvalue weighted by Gasteiger charge is 2.10. The molecule has 0 saturated carbocycles. The summed E-state index contributed by atoms with van der Waals surface area (Å²) < 4.78 is 18.9. The molecule has 2 nitrogen and oxygen atoms in total. The van der Waals surface area contributed by atoms with Crippen LogP contribution in [0.1, 0.15) is 37.6 Å². The van der Waals surface area contributed by atoms with Gasteiger partial charge in [0.1, 0.15) is 6.29 Å². The first-order chi connectivity index (χ1) is 7.52. The maximum absolute atomic E-state index is 13.5. The van der Waals surface area contributed by atoms with Crippen molar-refractivity contribution in [1.82, 2.24) is 0 Å². The number of halogens is 1. The molecule has 1 aromatic rings. The summed E-state index contributed by atoms with van der Waals surface area (Å²) in [6.07, 6.45) is 1.45. The molecule has 0 heterocycles. The van der Waals surface area contributed by atoms with Gasteiger partial charge in [0.2, 0.25) is 0 Å². The molecular weight excluding hydrogens is 207 g/mol. The molecule has 1 aromatic carbocycles. The predicted molar refractivity (Wildman–Crippen MR) is 61.3 cm³/mol. The lowest BCUT2D eigenvalue weighted by Gasteiger charge is -2.17. The molecule has 0 aliphatic carbocycles. The smallest absolute Gasteiger partial charge is 0.165 e. The van der Waals surface area contributed by atoms with E-state index < -0.39 is 5.82 Å². The van der Waals surface area contributed by atoms with Crippen LogP contribution in [0.2, 0.25) is 0 Å². The monoisotopic (exact) mass is 224 g/mol. The molecular formula is C13H17FO2. The standard InChI is InChI=1S/C13H17FO2/c1-9(2)6-10(3)16-13-5-4-11(8-15)7-12(13)14/h4-5,7-10H,6H2,1-3H3. The predicted octanol–water partition coefficient (Wildman–Crippen LogP) is 3.45. The summed E-state index contributed by atoms with van der Waals surface area (Å²) in [5.74, 6) is 0.228. The van der Waals surface area contributed by atoms with Gasteiger partial charge < -0.3 is 4.74 Å². The average molecular weight is 224 g/mol. The van der Waals surface area contributed by atoms with Crippen LogP contribution in [0.4, 0.5) is 4.39 Å². The van der Waals surface area contributed by atoms with Gasteiger partial charge in [-0.1, -0.05) is 13.8 Å². The number of carbonyl (C=O) groups is 1. The molecule has 0 spiro atoms. The van der Waals surface area contributed by atoms with Gasteiger partial charge in [0.25, 0.3) is 0 Å². The van der Waals surface area contributed by atoms with E-state index in [1.165, 1.54) is 12.1 Å². The van der Waals surface area contributed by atoms with Crippen molar-refractivity contribution >= 4 is 6.29 Å². The Kier molecular flexibility index (Phi) is 4.47. The Labute approximate surface area is 95.4 Å². The number of carbonyl (C=O) groups excluding carboxylic acids is 1. The minimum absolute atomic E-state index is 0.0309. The second-order valence-corrected chi connectivity index (χ2v) is 4.37. The maximum Gasteiger partial charge on any atom is 0.165 e. The molecule has 1 rings (SSSR count). The number of rotatable bonds is 5. The van der Waals surface area contributed by atoms with Crippen molar-refractivity contribution in [2.75, 3.05) is 0 Å². The third-order valence-electron chi connectivity index (χ3n) is 2.22. The van der Waals surface area contributed by atoms with Crippen LogP contribution in [0.25, 0.3) is 0 Å². The van der Waals surface area contributed by atoms with Crippen LogP contribution in [-0.2, 0) is 0 Å². The number of benzene rings is 1. The molecule has 88 valence electrons. The van der Waals surface area contributed by atoms with Crippen LogP contribution in [0.3, 0.4) is 0 Å². The minimum atomic E-state index is -0.486. The van der Waals surface area contributed by atoms with Gasteiger partial charge in [-0.2, -0.15) is 0 Å². The molecule has 0 amide bonds. The van der Waals surface area contributed by atoms with Crippen molar-refractivity contribution in [3.63, 3.8) is 0 Å². The fourth-order valence-electron chi connectivity index (χ4n) is 1.61. The highest BCUT2D eigenvalue weighted by atomic mass is 19.1. The highest BCUT2D eigenvalue weighted by Crippen LogP contribution is 2.20. The summed E-state index contributed by atoms with van der Waals surface area (Å²) in [4.78, 5) is 10.4. The Morgan fingerprint density at radius 2 is 2.06 bits per heavy atom. The topological polar surface area (TPSA) is 26.3 Å². The van der Waals surface area contributed by atoms with Crippen LogP contribution in [0.5, 0.6) is 5.75 Å². The summed E-state index contributed by atoms with van der Waals surface area (Å²) in [7, 11) is 0. The van der Waals surface area contributed by atoms with Crippen molar-refractivity contribution < 1.29 is 13.9 Å². The first-order valence-electron chi connectivity index (χ1n) is 5.44. The van der Waals surface area contributed by atoms with Gasteiger partial charge in [-0.3, -0.25) is 4.79 Å². The highest BCUT2D eigenvalue weighted by molar-refractivity contribution is 5.74. The molecule has 3 heteroatoms. The van der Waals surface area contributed by atoms with Gasteiger partial charge in [-0.05, 0) is 37.5 Å². The van der Waals surface area contributed by atoms with E-state index in [0.29, 0.717) is 17.8 Å². The summed E-state index contributed by atoms with van der Waals surface area (Å²) in [6, 6.07) is 4.23. The minimum Gasteiger partial charge on any atom is -0.488 e. The second kappa shape index (κ2) is 5.64. The van der Waals surface area contributed by atoms with Gasteiger partial charge in [0.05, 0.1) is 6.10 Å². The van der Waals surface area contributed by atoms with Crippen LogP contribution >= 0.6 is 0 Å². The van der Waals surface area contributed by atoms with Crippen molar-refractivity contribution in [3.8, 4) is 5.75 Å². The fraction of sp³-hybridized carbons (Fsp3) is 0.462. The van der Waals surface area contributed by atoms with E-state index in [4.69, 9.17) is 4.74 Å². The third kappa shape index (κ3) is 3.65. The van der Waals surface area contributed by atoms with Crippen LogP contribution in [0.15, 0.2) is 18.2 Å². The first-order valence-corrected chi connectivity index (χ1v) is 5.44. The van der Waals surface area contributed by atoms with E-state index >= 15 is 0 Å². The molecule has 0 saturated heterocycles. The Morgan fingerprint density at radius 1 is 1.38 bits per heavy atom. The second-order valence-electron chi connectivity index (χ2n) is 4.37. The van der Waals surface area contributed by atoms with Crippen molar-refractivity contribution in [1.29, 1.82) is 0 Å². The summed E-state index contributed by atoms with van der Waals surface area (Å²) in [5.41, 5.74) is 0.321. The van der Waals surface area contributed by atoms with Crippen LogP contribution in [-0.4, -0.2) is 12.4 Å². The van der Waals surface area contributed by atoms with E-state index in [-0.39, 0.29) is 11.9 Å². The Hall–Kier alpha value is -1.38. The number of hydrogen-bond acceptors (Lipinski definition) is 2. The van der Waals surface area contributed by atoms with E-state index in [1.807, 2.05) is 6.92 Å². The molecule has 0 aromatic heterocycles. The molecule has 0 aliphatic heterocycles. The molecule has 1 atom stereocenters. The number of ether oxygens (including phenoxy) is 1. The quantitative estimate of drug-likeness (QED) is 0.716. The largest absolute Gasteiger partial charge is 0.488 e. The Balaban J connectivity index is 2.70. The molecule has 0 radical (unpaired) electrons. The van der Waals surface area contributed by atoms with Gasteiger partial charge in [0.15, 0.2) is 11.6 Å². The third-order valence-corrected chi connectivity index (χ3v) is 2.22. The van der Waals surface area contributed by atoms with Crippen molar-refractivity contribution in [2.45, 2.75) is 33.3 Å².